The van der Waals surface area contributed by atoms with Crippen molar-refractivity contribution in [1.29, 1.82) is 0 Å². The van der Waals surface area contributed by atoms with Gasteiger partial charge in [-0.1, -0.05) is 6.58 Å². The molecule has 0 aliphatic rings. The van der Waals surface area contributed by atoms with Crippen LogP contribution in [-0.2, 0) is 0 Å². The van der Waals surface area contributed by atoms with Gasteiger partial charge in [0.15, 0.2) is 0 Å². The van der Waals surface area contributed by atoms with Gasteiger partial charge >= 0.3 is 0 Å². The summed E-state index contributed by atoms with van der Waals surface area (Å²) in [5, 5.41) is 2.83. The maximum absolute atomic E-state index is 3.56. The monoisotopic (exact) mass is 73.1 g/mol. The highest BCUT2D eigenvalue weighted by Gasteiger charge is 1.62. The predicted molar refractivity (Wildman–Crippen MR) is 23.9 cm³/mol. The zero-order chi connectivity index (χ0) is 4.28. The Morgan fingerprint density at radius 3 is 2.20 bits per heavy atom. The molecule has 0 unspecified atom stereocenters. The number of hydrogen-bond acceptors (Lipinski definition) is 1. The molecule has 0 saturated carbocycles. The molecule has 30 valence electrons. The normalized spacial score (nSPS) is 6.80. The van der Waals surface area contributed by atoms with Crippen LogP contribution in [0.4, 0.5) is 0 Å². The standard InChI is InChI=1S/C4H9N/c1-4(2)5-3/h5H,1H2,2-3H3/i3+2. The molecule has 0 spiro atoms. The second kappa shape index (κ2) is 1.82. The van der Waals surface area contributed by atoms with E-state index in [9.17, 15) is 0 Å². The van der Waals surface area contributed by atoms with Gasteiger partial charge in [-0.3, -0.25) is 0 Å². The lowest BCUT2D eigenvalue weighted by molar-refractivity contribution is 0.999. The van der Waals surface area contributed by atoms with Crippen LogP contribution in [0.3, 0.4) is 0 Å². The Labute approximate surface area is 32.7 Å². The minimum absolute atomic E-state index is 1.00. The average Bonchev–Trinajstić information content (AvgIpc) is 1.38. The molecule has 0 fully saturated rings. The van der Waals surface area contributed by atoms with Gasteiger partial charge in [0.25, 0.3) is 0 Å². The van der Waals surface area contributed by atoms with Gasteiger partial charge in [-0.2, -0.15) is 0 Å². The molecule has 0 radical (unpaired) electrons. The first kappa shape index (κ1) is 4.54. The van der Waals surface area contributed by atoms with Crippen molar-refractivity contribution in [2.45, 2.75) is 6.92 Å². The minimum Gasteiger partial charge on any atom is -0.392 e. The Morgan fingerprint density at radius 2 is 2.20 bits per heavy atom. The van der Waals surface area contributed by atoms with Crippen molar-refractivity contribution >= 4 is 0 Å². The molecule has 0 saturated heterocycles. The van der Waals surface area contributed by atoms with E-state index in [2.05, 4.69) is 11.9 Å². The van der Waals surface area contributed by atoms with Crippen molar-refractivity contribution in [1.82, 2.24) is 5.32 Å². The van der Waals surface area contributed by atoms with E-state index >= 15 is 0 Å². The first-order valence-corrected chi connectivity index (χ1v) is 1.60. The molecule has 5 heavy (non-hydrogen) atoms. The zero-order valence-electron chi connectivity index (χ0n) is 3.71. The molecule has 0 aromatic carbocycles. The summed E-state index contributed by atoms with van der Waals surface area (Å²) in [5.41, 5.74) is 1.00. The highest BCUT2D eigenvalue weighted by Crippen LogP contribution is 1.68. The fourth-order valence-electron chi connectivity index (χ4n) is 0. The number of hydrogen-bond donors (Lipinski definition) is 1. The first-order chi connectivity index (χ1) is 2.27. The Balaban J connectivity index is 2.85. The molecule has 0 aromatic heterocycles. The van der Waals surface area contributed by atoms with Crippen molar-refractivity contribution < 1.29 is 0 Å². The highest BCUT2D eigenvalue weighted by molar-refractivity contribution is 4.80. The molecule has 0 atom stereocenters. The largest absolute Gasteiger partial charge is 0.392 e. The van der Waals surface area contributed by atoms with Crippen LogP contribution in [0.5, 0.6) is 0 Å². The van der Waals surface area contributed by atoms with Gasteiger partial charge in [-0.05, 0) is 12.6 Å². The summed E-state index contributed by atoms with van der Waals surface area (Å²) in [6.07, 6.45) is 0. The lowest BCUT2D eigenvalue weighted by atomic mass is 10.6. The Hall–Kier alpha value is -0.460. The summed E-state index contributed by atoms with van der Waals surface area (Å²) in [5.74, 6) is 0. The third-order valence-electron chi connectivity index (χ3n) is 0.427. The highest BCUT2D eigenvalue weighted by atomic mass is 15.2. The smallest absolute Gasteiger partial charge is 0.00299 e. The molecule has 0 bridgehead atoms. The third-order valence-corrected chi connectivity index (χ3v) is 0.427. The summed E-state index contributed by atoms with van der Waals surface area (Å²) < 4.78 is 0. The molecule has 0 aromatic rings. The fourth-order valence-corrected chi connectivity index (χ4v) is 0. The molecule has 1 nitrogen and oxygen atoms in total. The number of nitrogens with one attached hydrogen (secondary N) is 1. The molecule has 0 aliphatic heterocycles. The summed E-state index contributed by atoms with van der Waals surface area (Å²) in [4.78, 5) is 0. The van der Waals surface area contributed by atoms with E-state index in [1.165, 1.54) is 0 Å². The van der Waals surface area contributed by atoms with Gasteiger partial charge in [0.05, 0.1) is 0 Å². The Morgan fingerprint density at radius 1 is 2.00 bits per heavy atom. The zero-order valence-corrected chi connectivity index (χ0v) is 3.71. The number of rotatable bonds is 1. The van der Waals surface area contributed by atoms with Crippen molar-refractivity contribution in [2.24, 2.45) is 0 Å². The van der Waals surface area contributed by atoms with Crippen LogP contribution in [0.2, 0.25) is 0 Å². The first-order valence-electron chi connectivity index (χ1n) is 1.60. The van der Waals surface area contributed by atoms with Crippen molar-refractivity contribution in [3.8, 4) is 0 Å². The van der Waals surface area contributed by atoms with Crippen molar-refractivity contribution in [3.05, 3.63) is 12.3 Å². The molecule has 1 heteroatoms. The second-order valence-electron chi connectivity index (χ2n) is 1.03. The quantitative estimate of drug-likeness (QED) is 0.482. The predicted octanol–water partition coefficient (Wildman–Crippen LogP) is 0.739. The fraction of sp³-hybridized carbons (Fsp3) is 0.500. The second-order valence-corrected chi connectivity index (χ2v) is 1.03. The van der Waals surface area contributed by atoms with Crippen LogP contribution in [0.25, 0.3) is 0 Å². The molecule has 0 rings (SSSR count). The van der Waals surface area contributed by atoms with E-state index in [0.29, 0.717) is 0 Å². The van der Waals surface area contributed by atoms with Crippen LogP contribution in [-0.4, -0.2) is 7.05 Å². The van der Waals surface area contributed by atoms with Crippen LogP contribution in [0.15, 0.2) is 12.3 Å². The minimum atomic E-state index is 1.00. The maximum atomic E-state index is 3.56. The van der Waals surface area contributed by atoms with Gasteiger partial charge < -0.3 is 5.32 Å². The lowest BCUT2D eigenvalue weighted by Gasteiger charge is -1.87. The van der Waals surface area contributed by atoms with Crippen LogP contribution < -0.4 is 5.32 Å². The van der Waals surface area contributed by atoms with E-state index in [1.54, 1.807) is 0 Å². The molecule has 0 aliphatic carbocycles. The Bertz CT molecular complexity index is 38.9. The van der Waals surface area contributed by atoms with Gasteiger partial charge in [0.2, 0.25) is 0 Å². The van der Waals surface area contributed by atoms with Crippen molar-refractivity contribution in [3.63, 3.8) is 0 Å². The molecule has 0 amide bonds. The summed E-state index contributed by atoms with van der Waals surface area (Å²) in [7, 11) is 1.85. The summed E-state index contributed by atoms with van der Waals surface area (Å²) >= 11 is 0. The van der Waals surface area contributed by atoms with E-state index in [4.69, 9.17) is 0 Å². The van der Waals surface area contributed by atoms with Crippen LogP contribution in [0.1, 0.15) is 6.92 Å². The molecule has 0 heterocycles. The number of allylic oxidation sites excluding steroid dienone is 1. The van der Waals surface area contributed by atoms with E-state index in [-0.39, 0.29) is 0 Å². The van der Waals surface area contributed by atoms with E-state index in [0.717, 1.165) is 5.70 Å². The molecule has 1 N–H and O–H groups in total. The van der Waals surface area contributed by atoms with Crippen molar-refractivity contribution in [2.75, 3.05) is 7.05 Å². The Kier molecular flexibility index (Phi) is 1.65. The average molecular weight is 73.1 g/mol. The van der Waals surface area contributed by atoms with Gasteiger partial charge in [-0.25, -0.2) is 0 Å². The SMILES string of the molecule is C=C(C)N[14CH3]. The van der Waals surface area contributed by atoms with E-state index < -0.39 is 0 Å². The van der Waals surface area contributed by atoms with Crippen LogP contribution in [0, 0.1) is 0 Å². The molecular weight excluding hydrogens is 64.0 g/mol. The lowest BCUT2D eigenvalue weighted by Crippen LogP contribution is -1.98. The van der Waals surface area contributed by atoms with E-state index in [1.807, 2.05) is 14.0 Å². The van der Waals surface area contributed by atoms with Gasteiger partial charge in [0, 0.05) is 7.05 Å². The maximum Gasteiger partial charge on any atom is 0.00299 e. The summed E-state index contributed by atoms with van der Waals surface area (Å²) in [6, 6.07) is 0. The third kappa shape index (κ3) is 3.54. The summed E-state index contributed by atoms with van der Waals surface area (Å²) in [6.45, 7) is 5.48. The van der Waals surface area contributed by atoms with Gasteiger partial charge in [-0.15, -0.1) is 0 Å². The van der Waals surface area contributed by atoms with Gasteiger partial charge in [0.1, 0.15) is 0 Å². The van der Waals surface area contributed by atoms with Crippen LogP contribution >= 0.6 is 0 Å². The molecular formula is C4H9N. The topological polar surface area (TPSA) is 12.0 Å².